The fourth-order valence-electron chi connectivity index (χ4n) is 0.940. The third kappa shape index (κ3) is 1.58. The summed E-state index contributed by atoms with van der Waals surface area (Å²) in [5, 5.41) is 0. The summed E-state index contributed by atoms with van der Waals surface area (Å²) in [5.74, 6) is -0.280. The summed E-state index contributed by atoms with van der Waals surface area (Å²) in [6.45, 7) is 5.41. The first-order valence-corrected chi connectivity index (χ1v) is 3.32. The minimum Gasteiger partial charge on any atom is -0.399 e. The summed E-state index contributed by atoms with van der Waals surface area (Å²) in [7, 11) is 0. The predicted molar refractivity (Wildman–Crippen MR) is 44.4 cm³/mol. The second-order valence-corrected chi connectivity index (χ2v) is 2.48. The van der Waals surface area contributed by atoms with Crippen LogP contribution in [0.1, 0.15) is 11.1 Å². The molecule has 0 bridgehead atoms. The minimum atomic E-state index is -0.280. The van der Waals surface area contributed by atoms with Gasteiger partial charge in [0.2, 0.25) is 0 Å². The van der Waals surface area contributed by atoms with Crippen molar-refractivity contribution in [3.05, 3.63) is 41.7 Å². The molecule has 0 aliphatic carbocycles. The standard InChI is InChI=1S/C9H10FN/c1-6-3-4-8(10)5-9(6)7(2)11/h3-5H,2,11H2,1H3. The topological polar surface area (TPSA) is 26.0 Å². The highest BCUT2D eigenvalue weighted by Gasteiger charge is 1.99. The SMILES string of the molecule is C=C(N)c1cc(F)ccc1C. The number of aryl methyl sites for hydroxylation is 1. The smallest absolute Gasteiger partial charge is 0.123 e. The van der Waals surface area contributed by atoms with E-state index in [4.69, 9.17) is 5.73 Å². The van der Waals surface area contributed by atoms with Crippen molar-refractivity contribution in [2.45, 2.75) is 6.92 Å². The zero-order chi connectivity index (χ0) is 8.43. The lowest BCUT2D eigenvalue weighted by molar-refractivity contribution is 0.627. The van der Waals surface area contributed by atoms with Crippen LogP contribution in [-0.2, 0) is 0 Å². The van der Waals surface area contributed by atoms with Crippen molar-refractivity contribution in [1.82, 2.24) is 0 Å². The van der Waals surface area contributed by atoms with Gasteiger partial charge in [-0.2, -0.15) is 0 Å². The van der Waals surface area contributed by atoms with Gasteiger partial charge in [0, 0.05) is 11.3 Å². The van der Waals surface area contributed by atoms with E-state index in [-0.39, 0.29) is 5.82 Å². The van der Waals surface area contributed by atoms with Crippen LogP contribution in [0.25, 0.3) is 5.70 Å². The Balaban J connectivity index is 3.23. The first-order chi connectivity index (χ1) is 5.11. The van der Waals surface area contributed by atoms with Crippen molar-refractivity contribution in [3.8, 4) is 0 Å². The molecule has 0 unspecified atom stereocenters. The molecule has 0 aliphatic rings. The molecule has 58 valence electrons. The van der Waals surface area contributed by atoms with Crippen LogP contribution >= 0.6 is 0 Å². The highest BCUT2D eigenvalue weighted by atomic mass is 19.1. The molecule has 0 heterocycles. The second kappa shape index (κ2) is 2.74. The van der Waals surface area contributed by atoms with E-state index in [1.165, 1.54) is 12.1 Å². The number of rotatable bonds is 1. The van der Waals surface area contributed by atoms with Crippen LogP contribution in [0.3, 0.4) is 0 Å². The first-order valence-electron chi connectivity index (χ1n) is 3.32. The number of hydrogen-bond acceptors (Lipinski definition) is 1. The Kier molecular flexibility index (Phi) is 1.94. The first kappa shape index (κ1) is 7.79. The Hall–Kier alpha value is -1.31. The van der Waals surface area contributed by atoms with Crippen molar-refractivity contribution < 1.29 is 4.39 Å². The molecule has 1 rings (SSSR count). The van der Waals surface area contributed by atoms with Gasteiger partial charge in [-0.05, 0) is 24.6 Å². The van der Waals surface area contributed by atoms with E-state index in [0.717, 1.165) is 5.56 Å². The van der Waals surface area contributed by atoms with Crippen LogP contribution in [0.5, 0.6) is 0 Å². The summed E-state index contributed by atoms with van der Waals surface area (Å²) in [6.07, 6.45) is 0. The maximum Gasteiger partial charge on any atom is 0.123 e. The molecular formula is C9H10FN. The van der Waals surface area contributed by atoms with Gasteiger partial charge < -0.3 is 5.73 Å². The lowest BCUT2D eigenvalue weighted by atomic mass is 10.1. The maximum atomic E-state index is 12.6. The Morgan fingerprint density at radius 2 is 2.18 bits per heavy atom. The molecule has 0 atom stereocenters. The summed E-state index contributed by atoms with van der Waals surface area (Å²) >= 11 is 0. The molecule has 0 aromatic heterocycles. The molecule has 0 aliphatic heterocycles. The lowest BCUT2D eigenvalue weighted by Gasteiger charge is -2.03. The van der Waals surface area contributed by atoms with Crippen LogP contribution < -0.4 is 5.73 Å². The molecule has 0 saturated carbocycles. The highest BCUT2D eigenvalue weighted by Crippen LogP contribution is 2.14. The fourth-order valence-corrected chi connectivity index (χ4v) is 0.940. The molecule has 2 heteroatoms. The van der Waals surface area contributed by atoms with Gasteiger partial charge in [0.25, 0.3) is 0 Å². The van der Waals surface area contributed by atoms with E-state index in [0.29, 0.717) is 11.3 Å². The van der Waals surface area contributed by atoms with Gasteiger partial charge in [0.1, 0.15) is 5.82 Å². The average Bonchev–Trinajstić information content (AvgIpc) is 1.94. The van der Waals surface area contributed by atoms with Crippen LogP contribution in [-0.4, -0.2) is 0 Å². The van der Waals surface area contributed by atoms with Gasteiger partial charge in [-0.3, -0.25) is 0 Å². The maximum absolute atomic E-state index is 12.6. The molecule has 1 nitrogen and oxygen atoms in total. The summed E-state index contributed by atoms with van der Waals surface area (Å²) in [4.78, 5) is 0. The quantitative estimate of drug-likeness (QED) is 0.653. The fraction of sp³-hybridized carbons (Fsp3) is 0.111. The van der Waals surface area contributed by atoms with E-state index in [1.807, 2.05) is 6.92 Å². The Morgan fingerprint density at radius 1 is 1.55 bits per heavy atom. The average molecular weight is 151 g/mol. The molecule has 0 fully saturated rings. The van der Waals surface area contributed by atoms with Gasteiger partial charge in [0.15, 0.2) is 0 Å². The third-order valence-corrected chi connectivity index (χ3v) is 1.55. The molecule has 1 aromatic carbocycles. The third-order valence-electron chi connectivity index (χ3n) is 1.55. The number of hydrogen-bond donors (Lipinski definition) is 1. The van der Waals surface area contributed by atoms with Crippen molar-refractivity contribution >= 4 is 5.70 Å². The van der Waals surface area contributed by atoms with E-state index in [1.54, 1.807) is 6.07 Å². The lowest BCUT2D eigenvalue weighted by Crippen LogP contribution is -1.97. The Morgan fingerprint density at radius 3 is 2.64 bits per heavy atom. The molecule has 11 heavy (non-hydrogen) atoms. The Bertz CT molecular complexity index is 292. The molecule has 1 aromatic rings. The molecule has 2 N–H and O–H groups in total. The molecule has 0 spiro atoms. The molecule has 0 radical (unpaired) electrons. The molecular weight excluding hydrogens is 141 g/mol. The molecule has 0 amide bonds. The van der Waals surface area contributed by atoms with Crippen LogP contribution in [0.15, 0.2) is 24.8 Å². The summed E-state index contributed by atoms with van der Waals surface area (Å²) in [5.41, 5.74) is 7.46. The second-order valence-electron chi connectivity index (χ2n) is 2.48. The van der Waals surface area contributed by atoms with Crippen molar-refractivity contribution in [2.75, 3.05) is 0 Å². The van der Waals surface area contributed by atoms with E-state index < -0.39 is 0 Å². The van der Waals surface area contributed by atoms with Crippen molar-refractivity contribution in [3.63, 3.8) is 0 Å². The van der Waals surface area contributed by atoms with E-state index in [2.05, 4.69) is 6.58 Å². The van der Waals surface area contributed by atoms with Gasteiger partial charge in [0.05, 0.1) is 0 Å². The van der Waals surface area contributed by atoms with E-state index >= 15 is 0 Å². The summed E-state index contributed by atoms with van der Waals surface area (Å²) in [6, 6.07) is 4.47. The zero-order valence-electron chi connectivity index (χ0n) is 6.39. The number of nitrogens with two attached hydrogens (primary N) is 1. The van der Waals surface area contributed by atoms with Crippen molar-refractivity contribution in [2.24, 2.45) is 5.73 Å². The van der Waals surface area contributed by atoms with Crippen LogP contribution in [0.2, 0.25) is 0 Å². The molecule has 0 saturated heterocycles. The van der Waals surface area contributed by atoms with Gasteiger partial charge in [-0.25, -0.2) is 4.39 Å². The Labute approximate surface area is 65.3 Å². The summed E-state index contributed by atoms with van der Waals surface area (Å²) < 4.78 is 12.6. The normalized spacial score (nSPS) is 9.64. The van der Waals surface area contributed by atoms with Crippen LogP contribution in [0.4, 0.5) is 4.39 Å². The van der Waals surface area contributed by atoms with Crippen LogP contribution in [0, 0.1) is 12.7 Å². The predicted octanol–water partition coefficient (Wildman–Crippen LogP) is 2.06. The number of benzene rings is 1. The van der Waals surface area contributed by atoms with E-state index in [9.17, 15) is 4.39 Å². The monoisotopic (exact) mass is 151 g/mol. The van der Waals surface area contributed by atoms with Gasteiger partial charge >= 0.3 is 0 Å². The van der Waals surface area contributed by atoms with Crippen molar-refractivity contribution in [1.29, 1.82) is 0 Å². The number of halogens is 1. The minimum absolute atomic E-state index is 0.280. The largest absolute Gasteiger partial charge is 0.399 e. The van der Waals surface area contributed by atoms with Gasteiger partial charge in [-0.1, -0.05) is 12.6 Å². The highest BCUT2D eigenvalue weighted by molar-refractivity contribution is 5.63. The van der Waals surface area contributed by atoms with Gasteiger partial charge in [-0.15, -0.1) is 0 Å². The zero-order valence-corrected chi connectivity index (χ0v) is 6.39.